The fourth-order valence-corrected chi connectivity index (χ4v) is 3.50. The van der Waals surface area contributed by atoms with Crippen LogP contribution in [0.5, 0.6) is 0 Å². The Morgan fingerprint density at radius 1 is 1.33 bits per heavy atom. The molecule has 1 aromatic rings. The minimum atomic E-state index is -0.301. The molecule has 1 saturated carbocycles. The number of β-amino-alcohol motifs (C(OH)–C–C–N with tert-alkyl or cyclic N) is 1. The minimum Gasteiger partial charge on any atom is -0.392 e. The molecular weight excluding hydrogens is 264 g/mol. The molecule has 4 heteroatoms. The van der Waals surface area contributed by atoms with E-state index in [9.17, 15) is 9.90 Å². The second kappa shape index (κ2) is 5.58. The van der Waals surface area contributed by atoms with Crippen LogP contribution in [0.25, 0.3) is 0 Å². The lowest BCUT2D eigenvalue weighted by atomic mass is 9.95. The molecule has 0 bridgehead atoms. The number of aromatic nitrogens is 1. The summed E-state index contributed by atoms with van der Waals surface area (Å²) in [6.07, 6.45) is 3.14. The van der Waals surface area contributed by atoms with Gasteiger partial charge in [0.05, 0.1) is 12.6 Å². The summed E-state index contributed by atoms with van der Waals surface area (Å²) in [5.74, 6) is 0.535. The lowest BCUT2D eigenvalue weighted by Gasteiger charge is -2.33. The van der Waals surface area contributed by atoms with E-state index < -0.39 is 0 Å². The van der Waals surface area contributed by atoms with Gasteiger partial charge in [-0.15, -0.1) is 0 Å². The molecule has 2 heterocycles. The fraction of sp³-hybridized carbons (Fsp3) is 0.706. The standard InChI is InChI=1S/C17H26N2O2/c1-11-6-7-18(9-16(11)20)10-17(21)15-8-12(2)19(13(15)3)14-4-5-14/h8,11,14,16,20H,4-7,9-10H2,1-3H3. The van der Waals surface area contributed by atoms with Crippen molar-refractivity contribution in [3.63, 3.8) is 0 Å². The van der Waals surface area contributed by atoms with Gasteiger partial charge in [0.25, 0.3) is 0 Å². The lowest BCUT2D eigenvalue weighted by Crippen LogP contribution is -2.44. The Balaban J connectivity index is 1.70. The van der Waals surface area contributed by atoms with E-state index in [0.717, 1.165) is 24.2 Å². The zero-order valence-corrected chi connectivity index (χ0v) is 13.3. The van der Waals surface area contributed by atoms with Crippen LogP contribution in [0.4, 0.5) is 0 Å². The SMILES string of the molecule is Cc1cc(C(=O)CN2CCC(C)C(O)C2)c(C)n1C1CC1. The van der Waals surface area contributed by atoms with Gasteiger partial charge in [0, 0.05) is 29.5 Å². The Hall–Kier alpha value is -1.13. The third-order valence-corrected chi connectivity index (χ3v) is 5.07. The molecule has 2 atom stereocenters. The van der Waals surface area contributed by atoms with E-state index in [1.54, 1.807) is 0 Å². The van der Waals surface area contributed by atoms with Crippen LogP contribution < -0.4 is 0 Å². The molecular formula is C17H26N2O2. The second-order valence-corrected chi connectivity index (χ2v) is 6.88. The third kappa shape index (κ3) is 2.92. The molecule has 116 valence electrons. The van der Waals surface area contributed by atoms with Crippen molar-refractivity contribution in [1.29, 1.82) is 0 Å². The highest BCUT2D eigenvalue weighted by molar-refractivity contribution is 5.99. The van der Waals surface area contributed by atoms with Crippen LogP contribution in [0.1, 0.15) is 54.0 Å². The number of aliphatic hydroxyl groups excluding tert-OH is 1. The van der Waals surface area contributed by atoms with E-state index in [0.29, 0.717) is 25.0 Å². The molecule has 4 nitrogen and oxygen atoms in total. The molecule has 2 fully saturated rings. The normalized spacial score (nSPS) is 27.0. The summed E-state index contributed by atoms with van der Waals surface area (Å²) in [6.45, 7) is 8.19. The minimum absolute atomic E-state index is 0.191. The number of hydrogen-bond acceptors (Lipinski definition) is 3. The molecule has 2 aliphatic rings. The summed E-state index contributed by atoms with van der Waals surface area (Å²) < 4.78 is 2.32. The number of rotatable bonds is 4. The van der Waals surface area contributed by atoms with Gasteiger partial charge in [0.2, 0.25) is 0 Å². The number of piperidine rings is 1. The van der Waals surface area contributed by atoms with Crippen molar-refractivity contribution in [2.24, 2.45) is 5.92 Å². The van der Waals surface area contributed by atoms with Gasteiger partial charge in [-0.25, -0.2) is 0 Å². The number of likely N-dealkylation sites (tertiary alicyclic amines) is 1. The number of nitrogens with zero attached hydrogens (tertiary/aromatic N) is 2. The zero-order valence-electron chi connectivity index (χ0n) is 13.3. The molecule has 1 aliphatic heterocycles. The van der Waals surface area contributed by atoms with Crippen molar-refractivity contribution in [2.45, 2.75) is 52.2 Å². The lowest BCUT2D eigenvalue weighted by molar-refractivity contribution is 0.0294. The molecule has 0 aromatic carbocycles. The largest absolute Gasteiger partial charge is 0.392 e. The van der Waals surface area contributed by atoms with Gasteiger partial charge in [0.1, 0.15) is 0 Å². The Morgan fingerprint density at radius 2 is 2.05 bits per heavy atom. The maximum Gasteiger partial charge on any atom is 0.178 e. The van der Waals surface area contributed by atoms with Crippen molar-refractivity contribution in [2.75, 3.05) is 19.6 Å². The van der Waals surface area contributed by atoms with Gasteiger partial charge in [-0.3, -0.25) is 9.69 Å². The number of Topliss-reactive ketones (excluding diaryl/α,β-unsaturated/α-hetero) is 1. The predicted molar refractivity (Wildman–Crippen MR) is 82.7 cm³/mol. The number of carbonyl (C=O) groups excluding carboxylic acids is 1. The zero-order chi connectivity index (χ0) is 15.1. The Bertz CT molecular complexity index is 545. The average Bonchev–Trinajstić information content (AvgIpc) is 3.20. The Kier molecular flexibility index (Phi) is 3.93. The van der Waals surface area contributed by atoms with Gasteiger partial charge >= 0.3 is 0 Å². The highest BCUT2D eigenvalue weighted by Crippen LogP contribution is 2.38. The first kappa shape index (κ1) is 14.8. The summed E-state index contributed by atoms with van der Waals surface area (Å²) in [5, 5.41) is 9.96. The Labute approximate surface area is 126 Å². The van der Waals surface area contributed by atoms with Crippen molar-refractivity contribution in [3.8, 4) is 0 Å². The van der Waals surface area contributed by atoms with E-state index in [1.807, 2.05) is 6.07 Å². The van der Waals surface area contributed by atoms with Gasteiger partial charge in [-0.2, -0.15) is 0 Å². The average molecular weight is 290 g/mol. The molecule has 0 radical (unpaired) electrons. The van der Waals surface area contributed by atoms with Crippen LogP contribution in [0.15, 0.2) is 6.07 Å². The second-order valence-electron chi connectivity index (χ2n) is 6.88. The highest BCUT2D eigenvalue weighted by Gasteiger charge is 2.30. The first-order valence-electron chi connectivity index (χ1n) is 8.09. The number of ketones is 1. The van der Waals surface area contributed by atoms with Crippen LogP contribution in [-0.4, -0.2) is 46.1 Å². The van der Waals surface area contributed by atoms with Crippen LogP contribution in [0.2, 0.25) is 0 Å². The number of carbonyl (C=O) groups is 1. The summed E-state index contributed by atoms with van der Waals surface area (Å²) in [7, 11) is 0. The number of hydrogen-bond donors (Lipinski definition) is 1. The van der Waals surface area contributed by atoms with E-state index >= 15 is 0 Å². The number of aryl methyl sites for hydroxylation is 1. The molecule has 1 saturated heterocycles. The van der Waals surface area contributed by atoms with Crippen LogP contribution >= 0.6 is 0 Å². The van der Waals surface area contributed by atoms with Gasteiger partial charge in [-0.05, 0) is 51.6 Å². The molecule has 3 rings (SSSR count). The molecule has 21 heavy (non-hydrogen) atoms. The maximum absolute atomic E-state index is 12.6. The van der Waals surface area contributed by atoms with Crippen LogP contribution in [-0.2, 0) is 0 Å². The summed E-state index contributed by atoms with van der Waals surface area (Å²) >= 11 is 0. The first-order chi connectivity index (χ1) is 9.97. The van der Waals surface area contributed by atoms with Crippen molar-refractivity contribution >= 4 is 5.78 Å². The smallest absolute Gasteiger partial charge is 0.178 e. The predicted octanol–water partition coefficient (Wildman–Crippen LogP) is 2.33. The van der Waals surface area contributed by atoms with Crippen molar-refractivity contribution in [3.05, 3.63) is 23.0 Å². The highest BCUT2D eigenvalue weighted by atomic mass is 16.3. The number of aliphatic hydroxyl groups is 1. The van der Waals surface area contributed by atoms with Crippen LogP contribution in [0.3, 0.4) is 0 Å². The van der Waals surface area contributed by atoms with Gasteiger partial charge < -0.3 is 9.67 Å². The Morgan fingerprint density at radius 3 is 2.67 bits per heavy atom. The van der Waals surface area contributed by atoms with Crippen molar-refractivity contribution in [1.82, 2.24) is 9.47 Å². The van der Waals surface area contributed by atoms with Crippen molar-refractivity contribution < 1.29 is 9.90 Å². The molecule has 1 aromatic heterocycles. The molecule has 0 amide bonds. The molecule has 2 unspecified atom stereocenters. The topological polar surface area (TPSA) is 45.5 Å². The summed E-state index contributed by atoms with van der Waals surface area (Å²) in [4.78, 5) is 14.7. The molecule has 1 N–H and O–H groups in total. The monoisotopic (exact) mass is 290 g/mol. The van der Waals surface area contributed by atoms with Gasteiger partial charge in [0.15, 0.2) is 5.78 Å². The first-order valence-corrected chi connectivity index (χ1v) is 8.09. The van der Waals surface area contributed by atoms with E-state index in [4.69, 9.17) is 0 Å². The van der Waals surface area contributed by atoms with Gasteiger partial charge in [-0.1, -0.05) is 6.92 Å². The molecule has 0 spiro atoms. The summed E-state index contributed by atoms with van der Waals surface area (Å²) in [5.41, 5.74) is 3.18. The fourth-order valence-electron chi connectivity index (χ4n) is 3.50. The maximum atomic E-state index is 12.6. The van der Waals surface area contributed by atoms with E-state index in [1.165, 1.54) is 18.5 Å². The third-order valence-electron chi connectivity index (χ3n) is 5.07. The van der Waals surface area contributed by atoms with E-state index in [-0.39, 0.29) is 11.9 Å². The quantitative estimate of drug-likeness (QED) is 0.866. The van der Waals surface area contributed by atoms with Crippen LogP contribution in [0, 0.1) is 19.8 Å². The van der Waals surface area contributed by atoms with E-state index in [2.05, 4.69) is 30.2 Å². The molecule has 1 aliphatic carbocycles. The summed E-state index contributed by atoms with van der Waals surface area (Å²) in [6, 6.07) is 2.66.